The van der Waals surface area contributed by atoms with Crippen molar-refractivity contribution in [1.29, 1.82) is 0 Å². The van der Waals surface area contributed by atoms with Gasteiger partial charge in [0, 0.05) is 14.8 Å². The number of amides is 1. The highest BCUT2D eigenvalue weighted by Gasteiger charge is 2.11. The fourth-order valence-electron chi connectivity index (χ4n) is 1.92. The number of carbonyl (C=O) groups is 1. The molecule has 0 spiro atoms. The number of nitrogens with one attached hydrogen (secondary N) is 1. The molecule has 0 unspecified atom stereocenters. The molecule has 0 aliphatic rings. The molecule has 21 heavy (non-hydrogen) atoms. The van der Waals surface area contributed by atoms with Crippen molar-refractivity contribution in [3.05, 3.63) is 57.2 Å². The van der Waals surface area contributed by atoms with Crippen LogP contribution in [0, 0.1) is 3.57 Å². The van der Waals surface area contributed by atoms with Crippen molar-refractivity contribution in [2.24, 2.45) is 0 Å². The molecule has 0 aliphatic carbocycles. The molecule has 2 aromatic carbocycles. The number of benzene rings is 2. The van der Waals surface area contributed by atoms with Crippen molar-refractivity contribution in [2.45, 2.75) is 13.5 Å². The van der Waals surface area contributed by atoms with E-state index in [1.54, 1.807) is 24.3 Å². The van der Waals surface area contributed by atoms with Gasteiger partial charge in [-0.1, -0.05) is 12.1 Å². The van der Waals surface area contributed by atoms with Crippen LogP contribution in [0.3, 0.4) is 0 Å². The largest absolute Gasteiger partial charge is 0.494 e. The molecular weight excluding hydrogens is 381 g/mol. The van der Waals surface area contributed by atoms with Crippen LogP contribution in [0.15, 0.2) is 42.5 Å². The van der Waals surface area contributed by atoms with Crippen molar-refractivity contribution in [2.75, 3.05) is 11.9 Å². The first-order valence-electron chi connectivity index (χ1n) is 6.58. The number of ether oxygens (including phenoxy) is 1. The Labute approximate surface area is 137 Å². The lowest BCUT2D eigenvalue weighted by Crippen LogP contribution is -2.13. The third-order valence-corrected chi connectivity index (χ3v) is 3.85. The number of hydrogen-bond acceptors (Lipinski definition) is 3. The van der Waals surface area contributed by atoms with Crippen LogP contribution in [0.4, 0.5) is 5.69 Å². The molecule has 0 bridgehead atoms. The Kier molecular flexibility index (Phi) is 5.58. The molecule has 0 saturated heterocycles. The van der Waals surface area contributed by atoms with E-state index in [2.05, 4.69) is 27.9 Å². The molecule has 0 aromatic heterocycles. The van der Waals surface area contributed by atoms with Crippen LogP contribution in [0.1, 0.15) is 22.8 Å². The molecule has 0 heterocycles. The molecule has 2 rings (SSSR count). The molecule has 0 radical (unpaired) electrons. The number of aliphatic hydroxyl groups is 1. The van der Waals surface area contributed by atoms with E-state index in [9.17, 15) is 9.90 Å². The SMILES string of the molecule is CCOc1ccc(NC(=O)c2ccccc2I)cc1CO. The molecule has 2 N–H and O–H groups in total. The van der Waals surface area contributed by atoms with Crippen molar-refractivity contribution in [1.82, 2.24) is 0 Å². The smallest absolute Gasteiger partial charge is 0.256 e. The van der Waals surface area contributed by atoms with Crippen LogP contribution in [0.2, 0.25) is 0 Å². The third-order valence-electron chi connectivity index (χ3n) is 2.91. The number of aliphatic hydroxyl groups excluding tert-OH is 1. The average molecular weight is 397 g/mol. The summed E-state index contributed by atoms with van der Waals surface area (Å²) in [4.78, 5) is 12.2. The minimum Gasteiger partial charge on any atom is -0.494 e. The van der Waals surface area contributed by atoms with E-state index >= 15 is 0 Å². The first kappa shape index (κ1) is 15.8. The van der Waals surface area contributed by atoms with Crippen molar-refractivity contribution >= 4 is 34.2 Å². The molecule has 1 amide bonds. The molecule has 5 heteroatoms. The van der Waals surface area contributed by atoms with Crippen LogP contribution >= 0.6 is 22.6 Å². The van der Waals surface area contributed by atoms with E-state index < -0.39 is 0 Å². The van der Waals surface area contributed by atoms with Gasteiger partial charge in [-0.05, 0) is 59.8 Å². The van der Waals surface area contributed by atoms with Gasteiger partial charge in [-0.3, -0.25) is 4.79 Å². The Morgan fingerprint density at radius 3 is 2.71 bits per heavy atom. The highest BCUT2D eigenvalue weighted by atomic mass is 127. The number of halogens is 1. The summed E-state index contributed by atoms with van der Waals surface area (Å²) in [6, 6.07) is 12.6. The zero-order valence-electron chi connectivity index (χ0n) is 11.6. The highest BCUT2D eigenvalue weighted by molar-refractivity contribution is 14.1. The Balaban J connectivity index is 2.20. The second kappa shape index (κ2) is 7.42. The molecule has 0 aliphatic heterocycles. The van der Waals surface area contributed by atoms with E-state index in [4.69, 9.17) is 4.74 Å². The number of anilines is 1. The van der Waals surface area contributed by atoms with Crippen molar-refractivity contribution in [3.8, 4) is 5.75 Å². The zero-order valence-corrected chi connectivity index (χ0v) is 13.8. The second-order valence-electron chi connectivity index (χ2n) is 4.35. The Hall–Kier alpha value is -1.60. The predicted octanol–water partition coefficient (Wildman–Crippen LogP) is 3.43. The Morgan fingerprint density at radius 2 is 2.05 bits per heavy atom. The van der Waals surface area contributed by atoms with Crippen molar-refractivity contribution in [3.63, 3.8) is 0 Å². The molecule has 4 nitrogen and oxygen atoms in total. The van der Waals surface area contributed by atoms with Crippen LogP contribution in [-0.2, 0) is 6.61 Å². The molecule has 0 atom stereocenters. The van der Waals surface area contributed by atoms with Gasteiger partial charge in [0.15, 0.2) is 0 Å². The third kappa shape index (κ3) is 3.95. The van der Waals surface area contributed by atoms with E-state index in [0.29, 0.717) is 29.2 Å². The zero-order chi connectivity index (χ0) is 15.2. The van der Waals surface area contributed by atoms with E-state index in [1.807, 2.05) is 25.1 Å². The minimum atomic E-state index is -0.173. The van der Waals surface area contributed by atoms with Gasteiger partial charge in [0.1, 0.15) is 5.75 Å². The average Bonchev–Trinajstić information content (AvgIpc) is 2.49. The second-order valence-corrected chi connectivity index (χ2v) is 5.51. The summed E-state index contributed by atoms with van der Waals surface area (Å²) >= 11 is 2.13. The van der Waals surface area contributed by atoms with Crippen LogP contribution < -0.4 is 10.1 Å². The summed E-state index contributed by atoms with van der Waals surface area (Å²) in [5, 5.41) is 12.2. The summed E-state index contributed by atoms with van der Waals surface area (Å²) in [5.74, 6) is 0.459. The molecule has 110 valence electrons. The standard InChI is InChI=1S/C16H16INO3/c1-2-21-15-8-7-12(9-11(15)10-19)18-16(20)13-5-3-4-6-14(13)17/h3-9,19H,2,10H2,1H3,(H,18,20). The van der Waals surface area contributed by atoms with Gasteiger partial charge >= 0.3 is 0 Å². The quantitative estimate of drug-likeness (QED) is 0.761. The summed E-state index contributed by atoms with van der Waals surface area (Å²) in [7, 11) is 0. The van der Waals surface area contributed by atoms with Gasteiger partial charge in [-0.25, -0.2) is 0 Å². The maximum Gasteiger partial charge on any atom is 0.256 e. The maximum absolute atomic E-state index is 12.2. The van der Waals surface area contributed by atoms with Crippen LogP contribution in [-0.4, -0.2) is 17.6 Å². The van der Waals surface area contributed by atoms with Gasteiger partial charge in [0.25, 0.3) is 5.91 Å². The van der Waals surface area contributed by atoms with Gasteiger partial charge in [0.05, 0.1) is 18.8 Å². The highest BCUT2D eigenvalue weighted by Crippen LogP contribution is 2.24. The number of hydrogen-bond donors (Lipinski definition) is 2. The monoisotopic (exact) mass is 397 g/mol. The van der Waals surface area contributed by atoms with E-state index in [1.165, 1.54) is 0 Å². The first-order valence-corrected chi connectivity index (χ1v) is 7.66. The Bertz CT molecular complexity index is 643. The van der Waals surface area contributed by atoms with Crippen molar-refractivity contribution < 1.29 is 14.6 Å². The topological polar surface area (TPSA) is 58.6 Å². The molecular formula is C16H16INO3. The summed E-state index contributed by atoms with van der Waals surface area (Å²) < 4.78 is 6.31. The van der Waals surface area contributed by atoms with Crippen LogP contribution in [0.5, 0.6) is 5.75 Å². The predicted molar refractivity (Wildman–Crippen MR) is 90.6 cm³/mol. The van der Waals surface area contributed by atoms with E-state index in [-0.39, 0.29) is 12.5 Å². The Morgan fingerprint density at radius 1 is 1.29 bits per heavy atom. The summed E-state index contributed by atoms with van der Waals surface area (Å²) in [6.45, 7) is 2.27. The lowest BCUT2D eigenvalue weighted by atomic mass is 10.1. The normalized spacial score (nSPS) is 10.2. The number of carbonyl (C=O) groups excluding carboxylic acids is 1. The number of rotatable bonds is 5. The molecule has 0 fully saturated rings. The molecule has 0 saturated carbocycles. The van der Waals surface area contributed by atoms with Gasteiger partial charge < -0.3 is 15.2 Å². The first-order chi connectivity index (χ1) is 10.2. The summed E-state index contributed by atoms with van der Waals surface area (Å²) in [6.07, 6.45) is 0. The van der Waals surface area contributed by atoms with Gasteiger partial charge in [-0.2, -0.15) is 0 Å². The lowest BCUT2D eigenvalue weighted by molar-refractivity contribution is 0.102. The lowest BCUT2D eigenvalue weighted by Gasteiger charge is -2.12. The fourth-order valence-corrected chi connectivity index (χ4v) is 2.55. The summed E-state index contributed by atoms with van der Waals surface area (Å²) in [5.41, 5.74) is 1.90. The van der Waals surface area contributed by atoms with Crippen LogP contribution in [0.25, 0.3) is 0 Å². The maximum atomic E-state index is 12.2. The van der Waals surface area contributed by atoms with E-state index in [0.717, 1.165) is 3.57 Å². The minimum absolute atomic E-state index is 0.137. The van der Waals surface area contributed by atoms with Gasteiger partial charge in [0.2, 0.25) is 0 Å². The molecule has 2 aromatic rings. The van der Waals surface area contributed by atoms with Gasteiger partial charge in [-0.15, -0.1) is 0 Å². The fraction of sp³-hybridized carbons (Fsp3) is 0.188.